The molecule has 2 fully saturated rings. The van der Waals surface area contributed by atoms with Gasteiger partial charge in [0, 0.05) is 90.7 Å². The molecule has 6 aliphatic rings. The molecule has 92 heavy (non-hydrogen) atoms. The van der Waals surface area contributed by atoms with E-state index in [0.29, 0.717) is 103 Å². The summed E-state index contributed by atoms with van der Waals surface area (Å²) in [4.78, 5) is 98.0. The first-order valence-electron chi connectivity index (χ1n) is 31.9. The zero-order chi connectivity index (χ0) is 66.4. The lowest BCUT2D eigenvalue weighted by Gasteiger charge is -2.42. The molecule has 4 unspecified atom stereocenters. The number of carbonyl (C=O) groups is 7. The largest absolute Gasteiger partial charge is 0.495 e. The molecule has 4 heterocycles. The zero-order valence-electron chi connectivity index (χ0n) is 54.3. The second kappa shape index (κ2) is 35.4. The topological polar surface area (TPSA) is 272 Å². The summed E-state index contributed by atoms with van der Waals surface area (Å²) >= 11 is 6.83. The fraction of sp³-hybridized carbons (Fsp3) is 0.603. The van der Waals surface area contributed by atoms with Crippen LogP contribution in [0.15, 0.2) is 84.5 Å². The van der Waals surface area contributed by atoms with Crippen LogP contribution in [0.5, 0.6) is 5.75 Å². The van der Waals surface area contributed by atoms with Crippen LogP contribution in [-0.4, -0.2) is 205 Å². The lowest BCUT2D eigenvalue weighted by molar-refractivity contribution is -0.162. The van der Waals surface area contributed by atoms with E-state index in [1.807, 2.05) is 54.4 Å². The predicted molar refractivity (Wildman–Crippen MR) is 343 cm³/mol. The molecule has 504 valence electrons. The Labute approximate surface area is 545 Å². The van der Waals surface area contributed by atoms with E-state index in [2.05, 4.69) is 39.9 Å². The number of esters is 1. The highest BCUT2D eigenvalue weighted by molar-refractivity contribution is 6.35. The van der Waals surface area contributed by atoms with Crippen LogP contribution in [0, 0.1) is 35.5 Å². The number of methoxy groups -OCH3 is 2. The lowest BCUT2D eigenvalue weighted by atomic mass is 9.83. The molecule has 4 bridgehead atoms. The van der Waals surface area contributed by atoms with Crippen molar-refractivity contribution in [2.45, 2.75) is 140 Å². The van der Waals surface area contributed by atoms with Crippen molar-refractivity contribution in [3.8, 4) is 17.6 Å². The molecule has 2 aliphatic carbocycles. The first kappa shape index (κ1) is 72.5. The molecule has 0 saturated carbocycles. The molecule has 23 nitrogen and oxygen atoms in total. The van der Waals surface area contributed by atoms with Crippen LogP contribution < -0.4 is 25.6 Å². The smallest absolute Gasteiger partial charge is 0.409 e. The maximum atomic E-state index is 14.4. The van der Waals surface area contributed by atoms with Gasteiger partial charge in [-0.05, 0) is 57.7 Å². The van der Waals surface area contributed by atoms with Gasteiger partial charge in [0.15, 0.2) is 5.72 Å². The molecule has 0 spiro atoms. The second-order valence-electron chi connectivity index (χ2n) is 24.2. The van der Waals surface area contributed by atoms with Crippen molar-refractivity contribution in [1.82, 2.24) is 25.8 Å². The second-order valence-corrected chi connectivity index (χ2v) is 24.6. The van der Waals surface area contributed by atoms with Crippen LogP contribution in [-0.2, 0) is 73.1 Å². The predicted octanol–water partition coefficient (Wildman–Crippen LogP) is 5.86. The number of anilines is 1. The highest BCUT2D eigenvalue weighted by Crippen LogP contribution is 2.49. The van der Waals surface area contributed by atoms with Crippen molar-refractivity contribution in [3.05, 3.63) is 95.1 Å². The van der Waals surface area contributed by atoms with Gasteiger partial charge in [-0.2, -0.15) is 0 Å². The van der Waals surface area contributed by atoms with Gasteiger partial charge in [-0.1, -0.05) is 109 Å². The normalized spacial score (nSPS) is 26.8. The fourth-order valence-electron chi connectivity index (χ4n) is 11.7. The SMILES string of the molecule is COc1cc2cc(c1Cl)N(C)C(=O)C[C@@H](OC(=O)[C@@H](C)N(C)C(=O)CCCCCNC(=O)CCOCCOCCOCCOCCNC(=O)CCC(=O)N1CC3C=CC=CC3C#CC3C=CC=CC31)[C@@]1(C)O[C@@H]1[C@@H](C)[C@H]1C[C@](O)(NC(=O)O1)[C@@H](OC)C=CC=C(C)C2. The molecule has 7 rings (SSSR count). The first-order chi connectivity index (χ1) is 44.2. The summed E-state index contributed by atoms with van der Waals surface area (Å²) < 4.78 is 51.8. The number of allylic oxidation sites excluding steroid dienone is 8. The number of nitrogens with zero attached hydrogens (tertiary/aromatic N) is 3. The molecule has 0 aromatic heterocycles. The minimum atomic E-state index is -1.87. The van der Waals surface area contributed by atoms with Crippen LogP contribution >= 0.6 is 11.6 Å². The van der Waals surface area contributed by atoms with E-state index >= 15 is 0 Å². The van der Waals surface area contributed by atoms with Crippen molar-refractivity contribution in [2.75, 3.05) is 106 Å². The summed E-state index contributed by atoms with van der Waals surface area (Å²) in [6.07, 6.45) is 19.0. The van der Waals surface area contributed by atoms with Crippen LogP contribution in [0.2, 0.25) is 5.02 Å². The van der Waals surface area contributed by atoms with Gasteiger partial charge in [-0.15, -0.1) is 0 Å². The van der Waals surface area contributed by atoms with E-state index < -0.39 is 65.7 Å². The molecule has 1 aromatic rings. The zero-order valence-corrected chi connectivity index (χ0v) is 55.1. The Morgan fingerprint density at radius 3 is 2.20 bits per heavy atom. The summed E-state index contributed by atoms with van der Waals surface area (Å²) in [5, 5.41) is 20.3. The number of fused-ring (bicyclic) bond motifs is 7. The van der Waals surface area contributed by atoms with E-state index in [4.69, 9.17) is 54.2 Å². The Hall–Kier alpha value is -6.88. The number of unbranched alkanes of at least 4 members (excludes halogenated alkanes) is 2. The highest BCUT2D eigenvalue weighted by Gasteiger charge is 2.64. The van der Waals surface area contributed by atoms with E-state index in [0.717, 1.165) is 11.1 Å². The number of rotatable bonds is 29. The van der Waals surface area contributed by atoms with E-state index in [9.17, 15) is 38.7 Å². The quantitative estimate of drug-likeness (QED) is 0.0317. The summed E-state index contributed by atoms with van der Waals surface area (Å²) in [5.41, 5.74) is -1.10. The van der Waals surface area contributed by atoms with E-state index in [1.165, 1.54) is 31.1 Å². The van der Waals surface area contributed by atoms with Gasteiger partial charge in [0.05, 0.1) is 90.1 Å². The van der Waals surface area contributed by atoms with Crippen LogP contribution in [0.4, 0.5) is 10.5 Å². The molecule has 4 N–H and O–H groups in total. The molecular weight excluding hydrogens is 1210 g/mol. The molecule has 0 radical (unpaired) electrons. The number of hydrogen-bond acceptors (Lipinski definition) is 17. The number of halogens is 1. The van der Waals surface area contributed by atoms with Crippen molar-refractivity contribution < 1.29 is 81.3 Å². The van der Waals surface area contributed by atoms with Gasteiger partial charge < -0.3 is 73.1 Å². The van der Waals surface area contributed by atoms with Crippen molar-refractivity contribution in [3.63, 3.8) is 0 Å². The van der Waals surface area contributed by atoms with Crippen molar-refractivity contribution in [1.29, 1.82) is 0 Å². The fourth-order valence-corrected chi connectivity index (χ4v) is 12.1. The number of epoxide rings is 1. The number of ether oxygens (including phenoxy) is 9. The number of aliphatic hydroxyl groups is 1. The number of hydrogen-bond donors (Lipinski definition) is 4. The third-order valence-corrected chi connectivity index (χ3v) is 17.9. The molecule has 1 aromatic carbocycles. The minimum absolute atomic E-state index is 0.0561. The Bertz CT molecular complexity index is 2990. The van der Waals surface area contributed by atoms with Gasteiger partial charge in [-0.25, -0.2) is 9.59 Å². The maximum absolute atomic E-state index is 14.4. The van der Waals surface area contributed by atoms with Crippen molar-refractivity contribution in [2.24, 2.45) is 23.7 Å². The van der Waals surface area contributed by atoms with E-state index in [-0.39, 0.29) is 97.6 Å². The van der Waals surface area contributed by atoms with Gasteiger partial charge in [0.25, 0.3) is 0 Å². The molecular formula is C68H93ClN6O17. The monoisotopic (exact) mass is 1300 g/mol. The number of likely N-dealkylation sites (N-methyl/N-ethyl adjacent to an activating group) is 1. The summed E-state index contributed by atoms with van der Waals surface area (Å²) in [5.74, 6) is 4.61. The first-order valence-corrected chi connectivity index (χ1v) is 32.2. The lowest BCUT2D eigenvalue weighted by Crippen LogP contribution is -2.63. The molecule has 24 heteroatoms. The van der Waals surface area contributed by atoms with Crippen LogP contribution in [0.3, 0.4) is 0 Å². The Kier molecular flexibility index (Phi) is 27.9. The van der Waals surface area contributed by atoms with Crippen molar-refractivity contribution >= 4 is 58.9 Å². The Balaban J connectivity index is 0.736. The van der Waals surface area contributed by atoms with E-state index in [1.54, 1.807) is 52.1 Å². The third-order valence-electron chi connectivity index (χ3n) is 17.5. The molecule has 12 atom stereocenters. The highest BCUT2D eigenvalue weighted by atomic mass is 35.5. The van der Waals surface area contributed by atoms with Gasteiger partial charge in [0.1, 0.15) is 40.7 Å². The molecule has 6 amide bonds. The number of carbonyl (C=O) groups excluding carboxylic acids is 7. The number of benzene rings is 1. The Morgan fingerprint density at radius 2 is 1.48 bits per heavy atom. The van der Waals surface area contributed by atoms with Gasteiger partial charge in [-0.3, -0.25) is 29.3 Å². The average Bonchev–Trinajstić information content (AvgIpc) is 1.58. The number of nitrogens with one attached hydrogen (secondary N) is 3. The minimum Gasteiger partial charge on any atom is -0.495 e. The van der Waals surface area contributed by atoms with Gasteiger partial charge in [0.2, 0.25) is 29.5 Å². The number of amides is 6. The molecule has 4 aliphatic heterocycles. The number of alkyl carbamates (subject to hydrolysis) is 1. The maximum Gasteiger partial charge on any atom is 0.409 e. The summed E-state index contributed by atoms with van der Waals surface area (Å²) in [7, 11) is 5.97. The van der Waals surface area contributed by atoms with Crippen LogP contribution in [0.1, 0.15) is 91.0 Å². The van der Waals surface area contributed by atoms with Crippen LogP contribution in [0.25, 0.3) is 0 Å². The Morgan fingerprint density at radius 1 is 0.826 bits per heavy atom. The summed E-state index contributed by atoms with van der Waals surface area (Å²) in [6, 6.07) is 2.34. The standard InChI is InChI=1S/C68H93ClN6O17/c1-45-17-16-22-56(85-8)68(83)43-55(90-66(82)72-68)46(2)64-67(4,92-64)57(42-62(80)74(6)53-40-48(39-45)41-54(84-7)63(53)69)91-65(81)47(3)73(5)60(78)23-10-9-15-29-70-59(77)28-31-86-33-35-88-37-38-89-36-34-87-32-30-71-58(76)26-27-61(79)75-44-51-20-12-11-18-49(51)24-25-50-19-13-14-21-52(50)75/h11-14,16-22,40-41,46-47,49-52,55-57,64,83H,9-10,15,23,26-39,42-44H2,1-8H3,(H,70,77)(H,71,76)(H,72,82)/t46-,47+,49?,50?,51?,52?,55+,56-,57+,64+,67+,68+/m0/s1. The third kappa shape index (κ3) is 20.6. The molecule has 2 saturated heterocycles. The van der Waals surface area contributed by atoms with Gasteiger partial charge >= 0.3 is 12.1 Å². The average molecular weight is 1300 g/mol. The summed E-state index contributed by atoms with van der Waals surface area (Å²) in [6.45, 7) is 10.8.